The summed E-state index contributed by atoms with van der Waals surface area (Å²) in [5.41, 5.74) is 2.09. The first-order chi connectivity index (χ1) is 10.8. The molecule has 0 aromatic heterocycles. The third-order valence-corrected chi connectivity index (χ3v) is 4.96. The second-order valence-corrected chi connectivity index (χ2v) is 6.53. The second-order valence-electron chi connectivity index (χ2n) is 6.53. The molecule has 1 nitrogen and oxygen atoms in total. The maximum absolute atomic E-state index is 11.9. The molecular weight excluding hydrogens is 273 g/mol. The summed E-state index contributed by atoms with van der Waals surface area (Å²) in [7, 11) is 0. The van der Waals surface area contributed by atoms with Crippen molar-refractivity contribution in [2.75, 3.05) is 0 Å². The number of nitriles is 1. The van der Waals surface area contributed by atoms with Crippen LogP contribution in [0.1, 0.15) is 62.5 Å². The van der Waals surface area contributed by atoms with Crippen molar-refractivity contribution < 1.29 is 4.39 Å². The number of allylic oxidation sites excluding steroid dienone is 1. The van der Waals surface area contributed by atoms with Crippen LogP contribution in [0, 0.1) is 23.2 Å². The molecule has 0 spiro atoms. The van der Waals surface area contributed by atoms with E-state index in [-0.39, 0.29) is 0 Å². The summed E-state index contributed by atoms with van der Waals surface area (Å²) in [5.74, 6) is 1.72. The summed E-state index contributed by atoms with van der Waals surface area (Å²) >= 11 is 0. The molecule has 0 unspecified atom stereocenters. The largest absolute Gasteiger partial charge is 0.216 e. The van der Waals surface area contributed by atoms with Crippen molar-refractivity contribution in [3.05, 3.63) is 47.8 Å². The van der Waals surface area contributed by atoms with Crippen LogP contribution in [0.5, 0.6) is 0 Å². The molecule has 0 bridgehead atoms. The van der Waals surface area contributed by atoms with Crippen LogP contribution in [-0.4, -0.2) is 0 Å². The molecule has 1 aliphatic rings. The van der Waals surface area contributed by atoms with E-state index in [9.17, 15) is 4.39 Å². The molecule has 0 aliphatic heterocycles. The minimum Gasteiger partial charge on any atom is -0.216 e. The van der Waals surface area contributed by atoms with Gasteiger partial charge in [0, 0.05) is 0 Å². The summed E-state index contributed by atoms with van der Waals surface area (Å²) < 4.78 is 11.9. The number of unbranched alkanes of at least 4 members (excludes halogenated alkanes) is 1. The van der Waals surface area contributed by atoms with Gasteiger partial charge >= 0.3 is 0 Å². The van der Waals surface area contributed by atoms with Crippen molar-refractivity contribution in [3.63, 3.8) is 0 Å². The molecule has 2 heteroatoms. The summed E-state index contributed by atoms with van der Waals surface area (Å²) in [6.07, 6.45) is 13.3. The van der Waals surface area contributed by atoms with Gasteiger partial charge < -0.3 is 0 Å². The molecule has 1 aliphatic carbocycles. The number of aryl methyl sites for hydroxylation is 1. The molecule has 0 saturated heterocycles. The third kappa shape index (κ3) is 5.64. The quantitative estimate of drug-likeness (QED) is 0.571. The number of rotatable bonds is 7. The Kier molecular flexibility index (Phi) is 7.16. The maximum atomic E-state index is 11.9. The average Bonchev–Trinajstić information content (AvgIpc) is 2.58. The summed E-state index contributed by atoms with van der Waals surface area (Å²) in [5, 5.41) is 8.81. The molecule has 2 rings (SSSR count). The Labute approximate surface area is 133 Å². The van der Waals surface area contributed by atoms with E-state index in [2.05, 4.69) is 18.2 Å². The van der Waals surface area contributed by atoms with Gasteiger partial charge in [0.05, 0.1) is 18.0 Å². The minimum atomic E-state index is 0.667. The van der Waals surface area contributed by atoms with Crippen molar-refractivity contribution in [2.24, 2.45) is 11.8 Å². The van der Waals surface area contributed by atoms with E-state index in [4.69, 9.17) is 5.26 Å². The Bertz CT molecular complexity index is 489. The van der Waals surface area contributed by atoms with Crippen LogP contribution in [0.25, 0.3) is 0 Å². The number of hydrogen-bond donors (Lipinski definition) is 0. The van der Waals surface area contributed by atoms with Gasteiger partial charge in [0.1, 0.15) is 0 Å². The fourth-order valence-electron chi connectivity index (χ4n) is 3.51. The lowest BCUT2D eigenvalue weighted by atomic mass is 9.78. The standard InChI is InChI=1S/C20H26FN/c21-15-3-1-2-4-17-5-7-18(8-6-17)9-10-19-11-13-20(16-22)14-12-19/h3,11-15,17-18H,1-2,4-10H2/t17-,18-. The second kappa shape index (κ2) is 9.41. The van der Waals surface area contributed by atoms with Gasteiger partial charge in [-0.15, -0.1) is 0 Å². The van der Waals surface area contributed by atoms with Crippen LogP contribution in [-0.2, 0) is 6.42 Å². The summed E-state index contributed by atoms with van der Waals surface area (Å²) in [6, 6.07) is 10.2. The highest BCUT2D eigenvalue weighted by atomic mass is 19.1. The Balaban J connectivity index is 1.63. The highest BCUT2D eigenvalue weighted by Crippen LogP contribution is 2.34. The zero-order valence-electron chi connectivity index (χ0n) is 13.3. The van der Waals surface area contributed by atoms with Crippen molar-refractivity contribution in [3.8, 4) is 6.07 Å². The van der Waals surface area contributed by atoms with Gasteiger partial charge in [-0.05, 0) is 55.2 Å². The zero-order valence-corrected chi connectivity index (χ0v) is 13.3. The number of halogens is 1. The lowest BCUT2D eigenvalue weighted by Gasteiger charge is -2.28. The van der Waals surface area contributed by atoms with Gasteiger partial charge in [-0.25, -0.2) is 4.39 Å². The van der Waals surface area contributed by atoms with Gasteiger partial charge in [0.15, 0.2) is 0 Å². The third-order valence-electron chi connectivity index (χ3n) is 4.96. The van der Waals surface area contributed by atoms with Crippen molar-refractivity contribution in [1.82, 2.24) is 0 Å². The van der Waals surface area contributed by atoms with Crippen LogP contribution < -0.4 is 0 Å². The van der Waals surface area contributed by atoms with Gasteiger partial charge in [-0.2, -0.15) is 5.26 Å². The Morgan fingerprint density at radius 1 is 1.05 bits per heavy atom. The van der Waals surface area contributed by atoms with Gasteiger partial charge in [0.25, 0.3) is 0 Å². The number of hydrogen-bond acceptors (Lipinski definition) is 1. The number of nitrogens with zero attached hydrogens (tertiary/aromatic N) is 1. The van der Waals surface area contributed by atoms with Crippen LogP contribution in [0.2, 0.25) is 0 Å². The lowest BCUT2D eigenvalue weighted by molar-refractivity contribution is 0.250. The topological polar surface area (TPSA) is 23.8 Å². The van der Waals surface area contributed by atoms with E-state index >= 15 is 0 Å². The molecule has 1 fully saturated rings. The van der Waals surface area contributed by atoms with E-state index in [0.717, 1.165) is 36.7 Å². The first kappa shape index (κ1) is 16.7. The molecule has 1 aromatic rings. The molecule has 0 heterocycles. The first-order valence-electron chi connectivity index (χ1n) is 8.56. The Hall–Kier alpha value is -1.62. The highest BCUT2D eigenvalue weighted by Gasteiger charge is 2.20. The molecule has 22 heavy (non-hydrogen) atoms. The molecule has 0 atom stereocenters. The van der Waals surface area contributed by atoms with Crippen molar-refractivity contribution in [2.45, 2.75) is 57.8 Å². The molecular formula is C20H26FN. The molecule has 0 N–H and O–H groups in total. The van der Waals surface area contributed by atoms with Crippen molar-refractivity contribution >= 4 is 0 Å². The molecule has 118 valence electrons. The fourth-order valence-corrected chi connectivity index (χ4v) is 3.51. The number of benzene rings is 1. The van der Waals surface area contributed by atoms with Crippen LogP contribution in [0.15, 0.2) is 36.7 Å². The van der Waals surface area contributed by atoms with E-state index in [1.165, 1.54) is 44.1 Å². The summed E-state index contributed by atoms with van der Waals surface area (Å²) in [6.45, 7) is 0. The van der Waals surface area contributed by atoms with Gasteiger partial charge in [0.2, 0.25) is 0 Å². The van der Waals surface area contributed by atoms with E-state index in [1.54, 1.807) is 6.08 Å². The maximum Gasteiger partial charge on any atom is 0.0991 e. The average molecular weight is 299 g/mol. The predicted octanol–water partition coefficient (Wildman–Crippen LogP) is 5.95. The Morgan fingerprint density at radius 3 is 2.27 bits per heavy atom. The van der Waals surface area contributed by atoms with Crippen LogP contribution in [0.4, 0.5) is 4.39 Å². The van der Waals surface area contributed by atoms with Crippen molar-refractivity contribution in [1.29, 1.82) is 5.26 Å². The summed E-state index contributed by atoms with van der Waals surface area (Å²) in [4.78, 5) is 0. The zero-order chi connectivity index (χ0) is 15.6. The first-order valence-corrected chi connectivity index (χ1v) is 8.56. The normalized spacial score (nSPS) is 21.8. The minimum absolute atomic E-state index is 0.667. The predicted molar refractivity (Wildman–Crippen MR) is 89.0 cm³/mol. The highest BCUT2D eigenvalue weighted by molar-refractivity contribution is 5.31. The lowest BCUT2D eigenvalue weighted by Crippen LogP contribution is -2.15. The fraction of sp³-hybridized carbons (Fsp3) is 0.550. The van der Waals surface area contributed by atoms with E-state index < -0.39 is 0 Å². The van der Waals surface area contributed by atoms with Crippen LogP contribution >= 0.6 is 0 Å². The monoisotopic (exact) mass is 299 g/mol. The van der Waals surface area contributed by atoms with Gasteiger partial charge in [-0.3, -0.25) is 0 Å². The molecule has 0 radical (unpaired) electrons. The SMILES string of the molecule is N#Cc1ccc(CC[C@H]2CC[C@H](CCCC=CF)CC2)cc1. The van der Waals surface area contributed by atoms with E-state index in [0.29, 0.717) is 6.33 Å². The molecule has 0 amide bonds. The van der Waals surface area contributed by atoms with Crippen LogP contribution in [0.3, 0.4) is 0 Å². The smallest absolute Gasteiger partial charge is 0.0991 e. The van der Waals surface area contributed by atoms with Gasteiger partial charge in [-0.1, -0.05) is 50.3 Å². The molecule has 1 aromatic carbocycles. The van der Waals surface area contributed by atoms with E-state index in [1.807, 2.05) is 12.1 Å². The molecule has 1 saturated carbocycles. The Morgan fingerprint density at radius 2 is 1.68 bits per heavy atom.